The van der Waals surface area contributed by atoms with Crippen LogP contribution in [0.1, 0.15) is 117 Å². The number of phenols is 1. The molecule has 3 N–H and O–H groups in total. The summed E-state index contributed by atoms with van der Waals surface area (Å²) in [7, 11) is 1.00. The Morgan fingerprint density at radius 1 is 0.588 bits per heavy atom. The molecule has 9 aromatic rings. The molecule has 9 rings (SSSR count). The molecule has 6 aromatic heterocycles. The van der Waals surface area contributed by atoms with Crippen molar-refractivity contribution in [3.8, 4) is 29.0 Å². The van der Waals surface area contributed by atoms with E-state index in [0.717, 1.165) is 48.8 Å². The number of aromatic nitrogens is 12. The fourth-order valence-electron chi connectivity index (χ4n) is 7.23. The average Bonchev–Trinajstić information content (AvgIpc) is 4.13. The Morgan fingerprint density at radius 3 is 1.34 bits per heavy atom. The number of ether oxygens (including phenoxy) is 2. The number of fused-ring (bicyclic) bond motifs is 3. The molecule has 0 spiro atoms. The Bertz CT molecular complexity index is 3530. The van der Waals surface area contributed by atoms with Gasteiger partial charge in [-0.2, -0.15) is 4.39 Å². The van der Waals surface area contributed by atoms with Crippen LogP contribution >= 0.6 is 47.8 Å². The van der Waals surface area contributed by atoms with Crippen molar-refractivity contribution < 1.29 is 69.8 Å². The van der Waals surface area contributed by atoms with Gasteiger partial charge in [0, 0.05) is 59.3 Å². The van der Waals surface area contributed by atoms with Crippen LogP contribution in [0.4, 0.5) is 4.39 Å². The van der Waals surface area contributed by atoms with Gasteiger partial charge in [-0.1, -0.05) is 78.0 Å². The number of aromatic hydroxyl groups is 1. The van der Waals surface area contributed by atoms with E-state index in [1.165, 1.54) is 32.2 Å². The van der Waals surface area contributed by atoms with E-state index in [2.05, 4.69) is 156 Å². The zero-order valence-electron chi connectivity index (χ0n) is 48.3. The van der Waals surface area contributed by atoms with Crippen LogP contribution in [0, 0.1) is 22.2 Å². The zero-order valence-corrected chi connectivity index (χ0v) is 54.0. The van der Waals surface area contributed by atoms with E-state index in [9.17, 15) is 24.2 Å². The average molecular weight is 1300 g/mol. The number of carbonyl (C=O) groups excluding carboxylic acids is 2. The number of Topliss-reactive ketones (excluding diaryl/α,β-unsaturated/α-hetero) is 2. The molecule has 0 bridgehead atoms. The number of hydrogen-bond donors (Lipinski definition) is 3. The maximum Gasteiger partial charge on any atom is 1.00 e. The first-order valence-electron chi connectivity index (χ1n) is 24.4. The minimum Gasteiger partial charge on any atom is -1.00 e. The SMILES string of the molecule is CC(=O)c1cccnc1F.CC(=O)c1cccnc1Oc1ccc2c(nnn2CC(C)(C)C)c1Br.CC(C)(C)Cn1nnc2c(Br)c(O)ccc21.CC(O)c1cccnc1Oc1ccc2c(nnn2CC(C)(C)C)c1Br.CO.[B].[H-].[Na+]. The number of rotatable bonds is 10. The van der Waals surface area contributed by atoms with Gasteiger partial charge in [0.25, 0.3) is 0 Å². The smallest absolute Gasteiger partial charge is 1.00 e. The minimum absolute atomic E-state index is 0. The van der Waals surface area contributed by atoms with Gasteiger partial charge in [0.05, 0.1) is 47.2 Å². The first-order valence-corrected chi connectivity index (χ1v) is 26.7. The van der Waals surface area contributed by atoms with E-state index < -0.39 is 12.1 Å². The first kappa shape index (κ1) is 68.7. The number of nitrogens with zero attached hydrogens (tertiary/aromatic N) is 12. The maximum atomic E-state index is 12.5. The Balaban J connectivity index is 0.000000377. The van der Waals surface area contributed by atoms with Crippen LogP contribution in [0.2, 0.25) is 0 Å². The number of halogens is 4. The summed E-state index contributed by atoms with van der Waals surface area (Å²) in [4.78, 5) is 34.0. The molecule has 80 heavy (non-hydrogen) atoms. The van der Waals surface area contributed by atoms with Crippen molar-refractivity contribution in [3.63, 3.8) is 0 Å². The molecule has 419 valence electrons. The van der Waals surface area contributed by atoms with Gasteiger partial charge in [0.1, 0.15) is 33.8 Å². The predicted octanol–water partition coefficient (Wildman–Crippen LogP) is 9.82. The maximum absolute atomic E-state index is 12.5. The van der Waals surface area contributed by atoms with Crippen LogP contribution in [0.15, 0.2) is 105 Å². The van der Waals surface area contributed by atoms with E-state index in [-0.39, 0.29) is 84.4 Å². The molecular formula is C55H65BBr3FN12NaO7. The predicted molar refractivity (Wildman–Crippen MR) is 314 cm³/mol. The fraction of sp³-hybridized carbons (Fsp3) is 0.364. The number of hydrogen-bond acceptors (Lipinski definition) is 16. The molecule has 0 saturated carbocycles. The van der Waals surface area contributed by atoms with E-state index in [1.54, 1.807) is 49.6 Å². The molecule has 0 aliphatic rings. The molecule has 1 atom stereocenters. The standard InChI is InChI=1S/C18H21BrN4O2.C18H19BrN4O2.C11H14BrN3O.C7H6FNO.CH4O.B.Na.H/c2*1-11(24)12-6-5-9-20-17(12)25-14-8-7-13-16(15(14)19)21-22-23(13)10-18(2,3)4;1-11(2,3)6-15-7-4-5-8(16)9(12)10(7)13-14-15;1-5(10)6-3-2-4-9-7(6)8;1-2;;;/h5-9,11,24H,10H2,1-4H3;5-9H,10H2,1-4H3;4-5,16H,6H2,1-3H3;2-4H,1H3;2H,1H3;;;/q;;;;;;+1;-1. The fourth-order valence-corrected chi connectivity index (χ4v) is 8.63. The Labute approximate surface area is 515 Å². The number of aliphatic hydroxyl groups excluding tert-OH is 2. The Kier molecular flexibility index (Phi) is 25.7. The minimum atomic E-state index is -0.699. The van der Waals surface area contributed by atoms with Crippen LogP contribution in [-0.2, 0) is 19.6 Å². The molecule has 3 radical (unpaired) electrons. The van der Waals surface area contributed by atoms with Crippen molar-refractivity contribution in [1.82, 2.24) is 59.9 Å². The molecule has 19 nitrogen and oxygen atoms in total. The van der Waals surface area contributed by atoms with E-state index in [4.69, 9.17) is 14.6 Å². The van der Waals surface area contributed by atoms with Gasteiger partial charge in [0.15, 0.2) is 11.6 Å². The van der Waals surface area contributed by atoms with Crippen LogP contribution in [0.3, 0.4) is 0 Å². The summed E-state index contributed by atoms with van der Waals surface area (Å²) in [6.45, 7) is 26.2. The van der Waals surface area contributed by atoms with Crippen LogP contribution in [-0.4, -0.2) is 102 Å². The zero-order chi connectivity index (χ0) is 57.9. The summed E-state index contributed by atoms with van der Waals surface area (Å²) in [5, 5.41) is 51.6. The number of pyridine rings is 3. The van der Waals surface area contributed by atoms with Gasteiger partial charge in [-0.15, -0.1) is 15.3 Å². The molecule has 0 amide bonds. The number of aliphatic hydroxyl groups is 2. The molecule has 1 unspecified atom stereocenters. The number of ketones is 2. The van der Waals surface area contributed by atoms with Crippen molar-refractivity contribution in [2.45, 2.75) is 109 Å². The summed E-state index contributed by atoms with van der Waals surface area (Å²) in [6.07, 6.45) is 3.86. The normalized spacial score (nSPS) is 11.5. The third-order valence-electron chi connectivity index (χ3n) is 10.6. The molecular weight excluding hydrogens is 1230 g/mol. The van der Waals surface area contributed by atoms with Crippen molar-refractivity contribution in [1.29, 1.82) is 0 Å². The van der Waals surface area contributed by atoms with Crippen molar-refractivity contribution >= 4 is 101 Å². The summed E-state index contributed by atoms with van der Waals surface area (Å²) in [6, 6.07) is 20.9. The quantitative estimate of drug-likeness (QED) is 0.0655. The summed E-state index contributed by atoms with van der Waals surface area (Å²) in [5.74, 6) is 0.858. The third kappa shape index (κ3) is 18.7. The van der Waals surface area contributed by atoms with E-state index in [1.807, 2.05) is 44.4 Å². The van der Waals surface area contributed by atoms with E-state index in [0.29, 0.717) is 53.0 Å². The van der Waals surface area contributed by atoms with Gasteiger partial charge < -0.3 is 26.2 Å². The van der Waals surface area contributed by atoms with Crippen LogP contribution in [0.5, 0.6) is 29.0 Å². The second-order valence-corrected chi connectivity index (χ2v) is 23.6. The van der Waals surface area contributed by atoms with Gasteiger partial charge in [-0.25, -0.2) is 29.0 Å². The van der Waals surface area contributed by atoms with E-state index >= 15 is 0 Å². The van der Waals surface area contributed by atoms with Crippen LogP contribution in [0.25, 0.3) is 33.1 Å². The molecule has 0 fully saturated rings. The first-order chi connectivity index (χ1) is 36.6. The molecule has 0 aliphatic carbocycles. The van der Waals surface area contributed by atoms with Crippen molar-refractivity contribution in [2.24, 2.45) is 16.2 Å². The van der Waals surface area contributed by atoms with Crippen molar-refractivity contribution in [2.75, 3.05) is 7.11 Å². The molecule has 6 heterocycles. The summed E-state index contributed by atoms with van der Waals surface area (Å²) in [5.41, 5.74) is 6.37. The van der Waals surface area contributed by atoms with Gasteiger partial charge in [0.2, 0.25) is 17.7 Å². The van der Waals surface area contributed by atoms with Crippen LogP contribution < -0.4 is 39.0 Å². The number of benzene rings is 3. The number of carbonyl (C=O) groups is 2. The van der Waals surface area contributed by atoms with Gasteiger partial charge in [-0.05, 0) is 158 Å². The largest absolute Gasteiger partial charge is 1.00 e. The number of phenolic OH excluding ortho intramolecular Hbond substituents is 1. The second-order valence-electron chi connectivity index (χ2n) is 21.3. The molecule has 0 aliphatic heterocycles. The topological polar surface area (TPSA) is 244 Å². The van der Waals surface area contributed by atoms with Gasteiger partial charge in [-0.3, -0.25) is 9.59 Å². The van der Waals surface area contributed by atoms with Gasteiger partial charge >= 0.3 is 29.6 Å². The summed E-state index contributed by atoms with van der Waals surface area (Å²) < 4.78 is 31.9. The Morgan fingerprint density at radius 2 is 0.950 bits per heavy atom. The summed E-state index contributed by atoms with van der Waals surface area (Å²) >= 11 is 10.4. The van der Waals surface area contributed by atoms with Crippen molar-refractivity contribution in [3.05, 3.63) is 127 Å². The third-order valence-corrected chi connectivity index (χ3v) is 12.9. The Hall–Kier alpha value is -5.60. The molecule has 3 aromatic carbocycles. The monoisotopic (exact) mass is 1300 g/mol. The molecule has 25 heteroatoms. The second kappa shape index (κ2) is 29.9. The molecule has 0 saturated heterocycles.